The highest BCUT2D eigenvalue weighted by atomic mass is 16.6. The van der Waals surface area contributed by atoms with E-state index in [1.165, 1.54) is 4.90 Å². The summed E-state index contributed by atoms with van der Waals surface area (Å²) >= 11 is 0. The Morgan fingerprint density at radius 3 is 2.52 bits per heavy atom. The van der Waals surface area contributed by atoms with Crippen LogP contribution in [0.5, 0.6) is 0 Å². The van der Waals surface area contributed by atoms with Crippen LogP contribution < -0.4 is 5.32 Å². The molecule has 1 aliphatic heterocycles. The lowest BCUT2D eigenvalue weighted by molar-refractivity contribution is -0.140. The second-order valence-corrected chi connectivity index (χ2v) is 6.02. The number of alkyl carbamates (subject to hydrolysis) is 1. The van der Waals surface area contributed by atoms with E-state index < -0.39 is 29.8 Å². The molecule has 1 saturated heterocycles. The number of aliphatic hydroxyl groups is 1. The Kier molecular flexibility index (Phi) is 5.54. The van der Waals surface area contributed by atoms with E-state index in [-0.39, 0.29) is 31.8 Å². The third-order valence-electron chi connectivity index (χ3n) is 2.87. The van der Waals surface area contributed by atoms with Gasteiger partial charge < -0.3 is 25.2 Å². The minimum Gasteiger partial charge on any atom is -0.480 e. The van der Waals surface area contributed by atoms with Gasteiger partial charge in [0.05, 0.1) is 12.5 Å². The third-order valence-corrected chi connectivity index (χ3v) is 2.87. The molecule has 120 valence electrons. The molecule has 0 aromatic heterocycles. The second kappa shape index (κ2) is 6.75. The fourth-order valence-corrected chi connectivity index (χ4v) is 1.96. The lowest BCUT2D eigenvalue weighted by Crippen LogP contribution is -2.45. The molecule has 1 heterocycles. The summed E-state index contributed by atoms with van der Waals surface area (Å²) in [7, 11) is 0. The summed E-state index contributed by atoms with van der Waals surface area (Å²) in [6.07, 6.45) is -1.42. The maximum absolute atomic E-state index is 11.6. The zero-order valence-electron chi connectivity index (χ0n) is 12.5. The van der Waals surface area contributed by atoms with Crippen LogP contribution in [0.3, 0.4) is 0 Å². The van der Waals surface area contributed by atoms with Crippen molar-refractivity contribution in [1.29, 1.82) is 0 Å². The van der Waals surface area contributed by atoms with Crippen LogP contribution in [-0.4, -0.2) is 63.9 Å². The Balaban J connectivity index is 2.49. The first-order chi connectivity index (χ1) is 9.58. The maximum Gasteiger partial charge on any atom is 0.408 e. The largest absolute Gasteiger partial charge is 0.480 e. The van der Waals surface area contributed by atoms with Crippen molar-refractivity contribution in [2.75, 3.05) is 13.1 Å². The Hall–Kier alpha value is -1.83. The second-order valence-electron chi connectivity index (χ2n) is 6.02. The number of rotatable bonds is 5. The van der Waals surface area contributed by atoms with Crippen LogP contribution in [0, 0.1) is 0 Å². The molecule has 2 atom stereocenters. The van der Waals surface area contributed by atoms with Crippen LogP contribution in [0.25, 0.3) is 0 Å². The van der Waals surface area contributed by atoms with Gasteiger partial charge in [0, 0.05) is 13.1 Å². The van der Waals surface area contributed by atoms with Gasteiger partial charge >= 0.3 is 12.1 Å². The molecule has 0 radical (unpaired) electrons. The number of carbonyl (C=O) groups excluding carboxylic acids is 2. The van der Waals surface area contributed by atoms with E-state index in [4.69, 9.17) is 9.84 Å². The van der Waals surface area contributed by atoms with E-state index in [9.17, 15) is 19.5 Å². The van der Waals surface area contributed by atoms with Crippen LogP contribution in [0.4, 0.5) is 4.79 Å². The molecule has 0 bridgehead atoms. The Labute approximate surface area is 123 Å². The Morgan fingerprint density at radius 2 is 2.10 bits per heavy atom. The minimum absolute atomic E-state index is 0.0486. The quantitative estimate of drug-likeness (QED) is 0.655. The molecule has 21 heavy (non-hydrogen) atoms. The molecule has 3 N–H and O–H groups in total. The number of nitrogens with one attached hydrogen (secondary N) is 1. The minimum atomic E-state index is -1.20. The number of ether oxygens (including phenoxy) is 1. The number of carboxylic acids is 1. The molecule has 0 aromatic carbocycles. The van der Waals surface area contributed by atoms with E-state index in [1.54, 1.807) is 20.8 Å². The third kappa shape index (κ3) is 5.99. The standard InChI is InChI=1S/C13H22N2O6/c1-13(2,3)21-12(20)14-9(11(18)19)4-5-15-7-8(16)6-10(15)17/h8-9,16H,4-7H2,1-3H3,(H,14,20)(H,18,19)/t8?,9-/m0/s1. The van der Waals surface area contributed by atoms with E-state index in [1.807, 2.05) is 0 Å². The van der Waals surface area contributed by atoms with Gasteiger partial charge in [-0.25, -0.2) is 9.59 Å². The number of likely N-dealkylation sites (tertiary alicyclic amines) is 1. The van der Waals surface area contributed by atoms with Gasteiger partial charge in [0.1, 0.15) is 11.6 Å². The van der Waals surface area contributed by atoms with E-state index in [0.717, 1.165) is 0 Å². The van der Waals surface area contributed by atoms with Crippen molar-refractivity contribution >= 4 is 18.0 Å². The maximum atomic E-state index is 11.6. The van der Waals surface area contributed by atoms with Gasteiger partial charge in [0.2, 0.25) is 5.91 Å². The molecular weight excluding hydrogens is 280 g/mol. The van der Waals surface area contributed by atoms with Gasteiger partial charge in [0.25, 0.3) is 0 Å². The van der Waals surface area contributed by atoms with Gasteiger partial charge in [0.15, 0.2) is 0 Å². The van der Waals surface area contributed by atoms with Gasteiger partial charge in [-0.2, -0.15) is 0 Å². The number of aliphatic carboxylic acids is 1. The molecule has 0 aliphatic carbocycles. The summed E-state index contributed by atoms with van der Waals surface area (Å²) in [6, 6.07) is -1.15. The predicted octanol–water partition coefficient (Wildman–Crippen LogP) is -0.0524. The van der Waals surface area contributed by atoms with Crippen molar-refractivity contribution in [3.63, 3.8) is 0 Å². The van der Waals surface area contributed by atoms with Crippen molar-refractivity contribution in [3.05, 3.63) is 0 Å². The van der Waals surface area contributed by atoms with Crippen LogP contribution in [0.1, 0.15) is 33.6 Å². The summed E-state index contributed by atoms with van der Waals surface area (Å²) in [5, 5.41) is 20.7. The monoisotopic (exact) mass is 302 g/mol. The smallest absolute Gasteiger partial charge is 0.408 e. The number of hydrogen-bond acceptors (Lipinski definition) is 5. The van der Waals surface area contributed by atoms with Gasteiger partial charge in [-0.15, -0.1) is 0 Å². The summed E-state index contributed by atoms with van der Waals surface area (Å²) in [4.78, 5) is 35.6. The number of carbonyl (C=O) groups is 3. The highest BCUT2D eigenvalue weighted by Gasteiger charge is 2.30. The van der Waals surface area contributed by atoms with Crippen molar-refractivity contribution in [1.82, 2.24) is 10.2 Å². The number of β-amino-alcohol motifs (C(OH)–C–C–N with tert-alkyl or cyclic N) is 1. The average molecular weight is 302 g/mol. The fourth-order valence-electron chi connectivity index (χ4n) is 1.96. The van der Waals surface area contributed by atoms with Gasteiger partial charge in [-0.3, -0.25) is 4.79 Å². The summed E-state index contributed by atoms with van der Waals surface area (Å²) in [5.41, 5.74) is -0.720. The number of nitrogens with zero attached hydrogens (tertiary/aromatic N) is 1. The molecule has 0 aromatic rings. The van der Waals surface area contributed by atoms with Crippen LogP contribution >= 0.6 is 0 Å². The van der Waals surface area contributed by atoms with E-state index in [0.29, 0.717) is 0 Å². The zero-order valence-corrected chi connectivity index (χ0v) is 12.5. The topological polar surface area (TPSA) is 116 Å². The number of aliphatic hydroxyl groups excluding tert-OH is 1. The fraction of sp³-hybridized carbons (Fsp3) is 0.769. The van der Waals surface area contributed by atoms with Crippen molar-refractivity contribution in [3.8, 4) is 0 Å². The molecule has 0 spiro atoms. The summed E-state index contributed by atoms with van der Waals surface area (Å²) in [6.45, 7) is 5.37. The molecular formula is C13H22N2O6. The van der Waals surface area contributed by atoms with Crippen LogP contribution in [0.2, 0.25) is 0 Å². The van der Waals surface area contributed by atoms with Gasteiger partial charge in [-0.05, 0) is 27.2 Å². The van der Waals surface area contributed by atoms with Crippen molar-refractivity contribution in [2.24, 2.45) is 0 Å². The lowest BCUT2D eigenvalue weighted by Gasteiger charge is -2.23. The van der Waals surface area contributed by atoms with Crippen LogP contribution in [0.15, 0.2) is 0 Å². The predicted molar refractivity (Wildman–Crippen MR) is 72.6 cm³/mol. The first-order valence-corrected chi connectivity index (χ1v) is 6.76. The lowest BCUT2D eigenvalue weighted by atomic mass is 10.2. The first-order valence-electron chi connectivity index (χ1n) is 6.76. The number of carboxylic acid groups (broad SMARTS) is 1. The molecule has 8 nitrogen and oxygen atoms in total. The van der Waals surface area contributed by atoms with Gasteiger partial charge in [-0.1, -0.05) is 0 Å². The molecule has 0 saturated carbocycles. The molecule has 1 unspecified atom stereocenters. The summed E-state index contributed by atoms with van der Waals surface area (Å²) < 4.78 is 4.99. The van der Waals surface area contributed by atoms with E-state index in [2.05, 4.69) is 5.32 Å². The molecule has 1 rings (SSSR count). The Bertz CT molecular complexity index is 417. The zero-order chi connectivity index (χ0) is 16.2. The van der Waals surface area contributed by atoms with Crippen molar-refractivity contribution < 1.29 is 29.3 Å². The first kappa shape index (κ1) is 17.2. The molecule has 8 heteroatoms. The summed E-state index contributed by atoms with van der Waals surface area (Å²) in [5.74, 6) is -1.42. The normalized spacial score (nSPS) is 20.3. The van der Waals surface area contributed by atoms with Crippen LogP contribution in [-0.2, 0) is 14.3 Å². The number of hydrogen-bond donors (Lipinski definition) is 3. The number of amides is 2. The molecule has 1 fully saturated rings. The highest BCUT2D eigenvalue weighted by Crippen LogP contribution is 2.12. The SMILES string of the molecule is CC(C)(C)OC(=O)N[C@@H](CCN1CC(O)CC1=O)C(=O)O. The molecule has 2 amide bonds. The van der Waals surface area contributed by atoms with E-state index >= 15 is 0 Å². The van der Waals surface area contributed by atoms with Crippen molar-refractivity contribution in [2.45, 2.75) is 51.4 Å². The molecule has 1 aliphatic rings. The highest BCUT2D eigenvalue weighted by molar-refractivity contribution is 5.81. The Morgan fingerprint density at radius 1 is 1.48 bits per heavy atom. The average Bonchev–Trinajstić information content (AvgIpc) is 2.60.